The number of morpholine rings is 1. The zero-order valence-electron chi connectivity index (χ0n) is 19.8. The highest BCUT2D eigenvalue weighted by Crippen LogP contribution is 2.24. The maximum absolute atomic E-state index is 13.2. The zero-order chi connectivity index (χ0) is 24.8. The first-order valence-electron chi connectivity index (χ1n) is 11.3. The van der Waals surface area contributed by atoms with E-state index in [2.05, 4.69) is 15.7 Å². The van der Waals surface area contributed by atoms with E-state index in [1.165, 1.54) is 12.1 Å². The van der Waals surface area contributed by atoms with Gasteiger partial charge in [-0.2, -0.15) is 0 Å². The molecule has 8 nitrogen and oxygen atoms in total. The number of hydrogen-bond acceptors (Lipinski definition) is 6. The smallest absolute Gasteiger partial charge is 0.261 e. The van der Waals surface area contributed by atoms with Crippen LogP contribution in [-0.2, 0) is 21.3 Å². The van der Waals surface area contributed by atoms with E-state index >= 15 is 0 Å². The van der Waals surface area contributed by atoms with Crippen LogP contribution in [0, 0.1) is 0 Å². The third-order valence-electron chi connectivity index (χ3n) is 5.83. The van der Waals surface area contributed by atoms with Crippen LogP contribution >= 0.6 is 0 Å². The molecule has 35 heavy (non-hydrogen) atoms. The molecular weight excluding hydrogens is 466 g/mol. The Kier molecular flexibility index (Phi) is 7.57. The van der Waals surface area contributed by atoms with Gasteiger partial charge in [-0.1, -0.05) is 24.3 Å². The molecule has 0 saturated carbocycles. The van der Waals surface area contributed by atoms with E-state index in [1.54, 1.807) is 55.5 Å². The standard InChI is InChI=1S/C26H29N3O5S/c1-28(19-21-6-3-4-9-25(21)29-14-16-34-17-15-29)26(30)20-7-5-8-24(18-20)35(31,32)27-22-10-12-23(33-2)13-11-22/h3-13,18,27H,14-17,19H2,1-2H3. The van der Waals surface area contributed by atoms with Gasteiger partial charge in [-0.15, -0.1) is 0 Å². The number of carbonyl (C=O) groups is 1. The highest BCUT2D eigenvalue weighted by molar-refractivity contribution is 7.92. The first kappa shape index (κ1) is 24.6. The summed E-state index contributed by atoms with van der Waals surface area (Å²) in [5, 5.41) is 0. The molecule has 0 spiro atoms. The second-order valence-corrected chi connectivity index (χ2v) is 9.93. The lowest BCUT2D eigenvalue weighted by Crippen LogP contribution is -2.37. The number of nitrogens with one attached hydrogen (secondary N) is 1. The second kappa shape index (κ2) is 10.8. The Hall–Kier alpha value is -3.56. The van der Waals surface area contributed by atoms with Crippen LogP contribution in [0.4, 0.5) is 11.4 Å². The van der Waals surface area contributed by atoms with Gasteiger partial charge < -0.3 is 19.3 Å². The maximum atomic E-state index is 13.2. The van der Waals surface area contributed by atoms with Crippen LogP contribution in [0.25, 0.3) is 0 Å². The molecule has 0 aliphatic carbocycles. The normalized spacial score (nSPS) is 13.8. The average molecular weight is 496 g/mol. The Bertz CT molecular complexity index is 1270. The molecule has 1 N–H and O–H groups in total. The Morgan fingerprint density at radius 1 is 1.03 bits per heavy atom. The summed E-state index contributed by atoms with van der Waals surface area (Å²) in [6.07, 6.45) is 0. The van der Waals surface area contributed by atoms with Crippen LogP contribution in [0.1, 0.15) is 15.9 Å². The predicted octanol–water partition coefficient (Wildman–Crippen LogP) is 3.60. The summed E-state index contributed by atoms with van der Waals surface area (Å²) in [5.41, 5.74) is 2.80. The van der Waals surface area contributed by atoms with E-state index in [9.17, 15) is 13.2 Å². The molecule has 1 aliphatic heterocycles. The number of methoxy groups -OCH3 is 1. The Morgan fingerprint density at radius 2 is 1.74 bits per heavy atom. The lowest BCUT2D eigenvalue weighted by Gasteiger charge is -2.31. The van der Waals surface area contributed by atoms with E-state index < -0.39 is 10.0 Å². The van der Waals surface area contributed by atoms with Crippen molar-refractivity contribution < 1.29 is 22.7 Å². The minimum Gasteiger partial charge on any atom is -0.497 e. The van der Waals surface area contributed by atoms with Gasteiger partial charge in [-0.3, -0.25) is 9.52 Å². The van der Waals surface area contributed by atoms with Crippen molar-refractivity contribution in [1.29, 1.82) is 0 Å². The highest BCUT2D eigenvalue weighted by atomic mass is 32.2. The van der Waals surface area contributed by atoms with Crippen molar-refractivity contribution in [2.75, 3.05) is 50.1 Å². The van der Waals surface area contributed by atoms with Crippen molar-refractivity contribution in [3.05, 3.63) is 83.9 Å². The van der Waals surface area contributed by atoms with Crippen molar-refractivity contribution in [2.24, 2.45) is 0 Å². The molecule has 0 radical (unpaired) electrons. The van der Waals surface area contributed by atoms with E-state index in [0.29, 0.717) is 36.8 Å². The molecule has 1 aliphatic rings. The lowest BCUT2D eigenvalue weighted by molar-refractivity contribution is 0.0784. The van der Waals surface area contributed by atoms with Crippen molar-refractivity contribution in [1.82, 2.24) is 4.90 Å². The van der Waals surface area contributed by atoms with Crippen LogP contribution < -0.4 is 14.4 Å². The van der Waals surface area contributed by atoms with Crippen LogP contribution in [0.2, 0.25) is 0 Å². The Labute approximate surface area is 206 Å². The fourth-order valence-electron chi connectivity index (χ4n) is 3.97. The van der Waals surface area contributed by atoms with E-state index in [4.69, 9.17) is 9.47 Å². The van der Waals surface area contributed by atoms with E-state index in [1.807, 2.05) is 18.2 Å². The number of nitrogens with zero attached hydrogens (tertiary/aromatic N) is 2. The average Bonchev–Trinajstić information content (AvgIpc) is 2.89. The van der Waals surface area contributed by atoms with Crippen LogP contribution in [0.3, 0.4) is 0 Å². The fraction of sp³-hybridized carbons (Fsp3) is 0.269. The fourth-order valence-corrected chi connectivity index (χ4v) is 5.08. The highest BCUT2D eigenvalue weighted by Gasteiger charge is 2.20. The largest absolute Gasteiger partial charge is 0.497 e. The summed E-state index contributed by atoms with van der Waals surface area (Å²) in [5.74, 6) is 0.363. The monoisotopic (exact) mass is 495 g/mol. The van der Waals surface area contributed by atoms with Crippen LogP contribution in [0.15, 0.2) is 77.7 Å². The van der Waals surface area contributed by atoms with Gasteiger partial charge in [0.15, 0.2) is 0 Å². The van der Waals surface area contributed by atoms with Gasteiger partial charge in [-0.25, -0.2) is 8.42 Å². The molecule has 1 heterocycles. The quantitative estimate of drug-likeness (QED) is 0.514. The zero-order valence-corrected chi connectivity index (χ0v) is 20.6. The molecule has 0 atom stereocenters. The van der Waals surface area contributed by atoms with Gasteiger partial charge >= 0.3 is 0 Å². The minimum atomic E-state index is -3.87. The summed E-state index contributed by atoms with van der Waals surface area (Å²) in [7, 11) is -0.616. The summed E-state index contributed by atoms with van der Waals surface area (Å²) in [4.78, 5) is 17.1. The molecule has 4 rings (SSSR count). The van der Waals surface area contributed by atoms with Gasteiger partial charge in [0.2, 0.25) is 0 Å². The maximum Gasteiger partial charge on any atom is 0.261 e. The molecule has 3 aromatic rings. The third-order valence-corrected chi connectivity index (χ3v) is 7.21. The predicted molar refractivity (Wildman–Crippen MR) is 136 cm³/mol. The number of rotatable bonds is 8. The van der Waals surface area contributed by atoms with Gasteiger partial charge in [-0.05, 0) is 54.1 Å². The van der Waals surface area contributed by atoms with Gasteiger partial charge in [0.05, 0.1) is 25.2 Å². The van der Waals surface area contributed by atoms with Crippen molar-refractivity contribution in [3.63, 3.8) is 0 Å². The number of hydrogen-bond donors (Lipinski definition) is 1. The molecule has 0 aromatic heterocycles. The molecule has 1 amide bonds. The SMILES string of the molecule is COc1ccc(NS(=O)(=O)c2cccc(C(=O)N(C)Cc3ccccc3N3CCOCC3)c2)cc1. The van der Waals surface area contributed by atoms with Gasteiger partial charge in [0.1, 0.15) is 5.75 Å². The molecule has 1 saturated heterocycles. The number of benzene rings is 3. The number of ether oxygens (including phenoxy) is 2. The summed E-state index contributed by atoms with van der Waals surface area (Å²) < 4.78 is 39.0. The number of carbonyl (C=O) groups excluding carboxylic acids is 1. The number of anilines is 2. The third kappa shape index (κ3) is 5.93. The van der Waals surface area contributed by atoms with E-state index in [-0.39, 0.29) is 10.8 Å². The van der Waals surface area contributed by atoms with Gasteiger partial charge in [0, 0.05) is 43.6 Å². The Balaban J connectivity index is 1.49. The van der Waals surface area contributed by atoms with Crippen molar-refractivity contribution >= 4 is 27.3 Å². The molecule has 184 valence electrons. The first-order valence-corrected chi connectivity index (χ1v) is 12.8. The minimum absolute atomic E-state index is 0.0151. The summed E-state index contributed by atoms with van der Waals surface area (Å²) in [6.45, 7) is 3.35. The van der Waals surface area contributed by atoms with E-state index in [0.717, 1.165) is 24.3 Å². The van der Waals surface area contributed by atoms with Crippen molar-refractivity contribution in [3.8, 4) is 5.75 Å². The second-order valence-electron chi connectivity index (χ2n) is 8.25. The molecular formula is C26H29N3O5S. The topological polar surface area (TPSA) is 88.2 Å². The summed E-state index contributed by atoms with van der Waals surface area (Å²) in [6, 6.07) is 20.6. The number of para-hydroxylation sites is 1. The van der Waals surface area contributed by atoms with Gasteiger partial charge in [0.25, 0.3) is 15.9 Å². The Morgan fingerprint density at radius 3 is 2.46 bits per heavy atom. The number of sulfonamides is 1. The summed E-state index contributed by atoms with van der Waals surface area (Å²) >= 11 is 0. The van der Waals surface area contributed by atoms with Crippen molar-refractivity contribution in [2.45, 2.75) is 11.4 Å². The molecule has 0 bridgehead atoms. The molecule has 3 aromatic carbocycles. The van der Waals surface area contributed by atoms with Crippen LogP contribution in [-0.4, -0.2) is 59.7 Å². The molecule has 0 unspecified atom stereocenters. The molecule has 9 heteroatoms. The lowest BCUT2D eigenvalue weighted by atomic mass is 10.1. The molecule has 1 fully saturated rings. The number of amides is 1. The van der Waals surface area contributed by atoms with Crippen LogP contribution in [0.5, 0.6) is 5.75 Å². The first-order chi connectivity index (χ1) is 16.9.